The van der Waals surface area contributed by atoms with Gasteiger partial charge in [0.2, 0.25) is 0 Å². The molecule has 4 aromatic carbocycles. The van der Waals surface area contributed by atoms with Crippen LogP contribution in [0.1, 0.15) is 241 Å². The number of rotatable bonds is 30. The molecule has 4 nitrogen and oxygen atoms in total. The molecule has 0 radical (unpaired) electrons. The van der Waals surface area contributed by atoms with Crippen LogP contribution in [0, 0.1) is 0 Å². The molecule has 2 N–H and O–H groups in total. The number of amides is 2. The predicted molar refractivity (Wildman–Crippen MR) is 303 cm³/mol. The fourth-order valence-corrected chi connectivity index (χ4v) is 13.7. The Morgan fingerprint density at radius 1 is 0.357 bits per heavy atom. The van der Waals surface area contributed by atoms with E-state index in [4.69, 9.17) is 0 Å². The Labute approximate surface area is 439 Å². The van der Waals surface area contributed by atoms with Crippen molar-refractivity contribution in [3.63, 3.8) is 0 Å². The molecule has 4 aromatic rings. The maximum absolute atomic E-state index is 14.5. The summed E-state index contributed by atoms with van der Waals surface area (Å²) in [7, 11) is 0. The van der Waals surface area contributed by atoms with E-state index < -0.39 is 0 Å². The maximum Gasteiger partial charge on any atom is 0.258 e. The van der Waals surface area contributed by atoms with Gasteiger partial charge in [-0.15, -0.1) is 0 Å². The van der Waals surface area contributed by atoms with Gasteiger partial charge in [-0.3, -0.25) is 9.59 Å². The first-order valence-electron chi connectivity index (χ1n) is 28.2. The summed E-state index contributed by atoms with van der Waals surface area (Å²) in [5.74, 6) is -0.399. The summed E-state index contributed by atoms with van der Waals surface area (Å²) in [6.45, 7) is 9.17. The zero-order valence-electron chi connectivity index (χ0n) is 43.3. The van der Waals surface area contributed by atoms with Crippen LogP contribution >= 0.6 is 31.9 Å². The van der Waals surface area contributed by atoms with Crippen molar-refractivity contribution in [3.05, 3.63) is 126 Å². The topological polar surface area (TPSA) is 58.2 Å². The molecule has 4 aliphatic rings. The third-order valence-corrected chi connectivity index (χ3v) is 17.7. The Morgan fingerprint density at radius 2 is 0.629 bits per heavy atom. The van der Waals surface area contributed by atoms with Crippen molar-refractivity contribution in [2.75, 3.05) is 0 Å². The van der Waals surface area contributed by atoms with Crippen LogP contribution < -0.4 is 10.6 Å². The first-order valence-corrected chi connectivity index (χ1v) is 29.8. The zero-order chi connectivity index (χ0) is 49.1. The lowest BCUT2D eigenvalue weighted by molar-refractivity contribution is -0.117. The molecule has 0 atom stereocenters. The van der Waals surface area contributed by atoms with Gasteiger partial charge in [-0.2, -0.15) is 0 Å². The van der Waals surface area contributed by atoms with Gasteiger partial charge < -0.3 is 10.6 Å². The zero-order valence-corrected chi connectivity index (χ0v) is 46.5. The molecule has 0 saturated heterocycles. The van der Waals surface area contributed by atoms with Gasteiger partial charge >= 0.3 is 0 Å². The second-order valence-electron chi connectivity index (χ2n) is 21.5. The molecule has 70 heavy (non-hydrogen) atoms. The molecule has 0 unspecified atom stereocenters. The monoisotopic (exact) mass is 1070 g/mol. The number of carbonyl (C=O) groups excluding carboxylic acids is 2. The molecule has 0 fully saturated rings. The summed E-state index contributed by atoms with van der Waals surface area (Å²) < 4.78 is 2.25. The number of hydrogen-bond donors (Lipinski definition) is 2. The van der Waals surface area contributed by atoms with Crippen molar-refractivity contribution in [1.29, 1.82) is 0 Å². The van der Waals surface area contributed by atoms with Crippen LogP contribution in [0.25, 0.3) is 33.6 Å². The third kappa shape index (κ3) is 11.1. The van der Waals surface area contributed by atoms with Crippen molar-refractivity contribution in [1.82, 2.24) is 10.6 Å². The normalized spacial score (nSPS) is 15.9. The summed E-state index contributed by atoms with van der Waals surface area (Å²) in [5, 5.41) is 6.58. The van der Waals surface area contributed by atoms with Crippen LogP contribution in [0.3, 0.4) is 0 Å². The molecule has 0 bridgehead atoms. The Balaban J connectivity index is 1.17. The highest BCUT2D eigenvalue weighted by molar-refractivity contribution is 9.10. The molecular formula is C64H82Br2N2O2. The van der Waals surface area contributed by atoms with E-state index in [9.17, 15) is 9.59 Å². The van der Waals surface area contributed by atoms with Crippen molar-refractivity contribution >= 4 is 55.1 Å². The van der Waals surface area contributed by atoms with E-state index >= 15 is 0 Å². The van der Waals surface area contributed by atoms with E-state index in [-0.39, 0.29) is 22.6 Å². The molecule has 8 rings (SSSR count). The van der Waals surface area contributed by atoms with Gasteiger partial charge in [-0.05, 0) is 118 Å². The van der Waals surface area contributed by atoms with E-state index in [2.05, 4.69) is 143 Å². The number of hydrogen-bond acceptors (Lipinski definition) is 2. The summed E-state index contributed by atoms with van der Waals surface area (Å²) in [4.78, 5) is 29.0. The predicted octanol–water partition coefficient (Wildman–Crippen LogP) is 19.1. The number of carbonyl (C=O) groups is 2. The smallest absolute Gasteiger partial charge is 0.258 e. The lowest BCUT2D eigenvalue weighted by Gasteiger charge is -2.33. The van der Waals surface area contributed by atoms with Gasteiger partial charge in [0, 0.05) is 19.8 Å². The van der Waals surface area contributed by atoms with Gasteiger partial charge in [0.25, 0.3) is 11.8 Å². The van der Waals surface area contributed by atoms with Crippen LogP contribution in [0.4, 0.5) is 0 Å². The summed E-state index contributed by atoms with van der Waals surface area (Å²) in [6.07, 6.45) is 34.6. The highest BCUT2D eigenvalue weighted by Gasteiger charge is 2.46. The van der Waals surface area contributed by atoms with Crippen LogP contribution in [-0.4, -0.2) is 11.8 Å². The number of benzene rings is 4. The highest BCUT2D eigenvalue weighted by Crippen LogP contribution is 2.57. The van der Waals surface area contributed by atoms with Crippen LogP contribution in [0.2, 0.25) is 0 Å². The molecule has 2 heterocycles. The minimum absolute atomic E-state index is 0.134. The number of halogens is 2. The van der Waals surface area contributed by atoms with Gasteiger partial charge in [0.15, 0.2) is 0 Å². The quantitative estimate of drug-likeness (QED) is 0.0511. The van der Waals surface area contributed by atoms with E-state index in [1.54, 1.807) is 0 Å². The van der Waals surface area contributed by atoms with Crippen molar-refractivity contribution in [2.24, 2.45) is 0 Å². The molecular weight excluding hydrogens is 989 g/mol. The molecule has 0 aromatic heterocycles. The van der Waals surface area contributed by atoms with E-state index in [1.807, 2.05) is 0 Å². The second-order valence-corrected chi connectivity index (χ2v) is 23.4. The third-order valence-electron chi connectivity index (χ3n) is 16.7. The maximum atomic E-state index is 14.5. The number of nitrogens with one attached hydrogen (secondary N) is 2. The fourth-order valence-electron chi connectivity index (χ4n) is 13.0. The summed E-state index contributed by atoms with van der Waals surface area (Å²) in [5.41, 5.74) is 14.6. The summed E-state index contributed by atoms with van der Waals surface area (Å²) in [6, 6.07) is 27.4. The minimum Gasteiger partial charge on any atom is -0.321 e. The lowest BCUT2D eigenvalue weighted by atomic mass is 9.70. The van der Waals surface area contributed by atoms with Gasteiger partial charge in [-0.1, -0.05) is 250 Å². The van der Waals surface area contributed by atoms with E-state index in [0.717, 1.165) is 45.8 Å². The first kappa shape index (κ1) is 52.6. The summed E-state index contributed by atoms with van der Waals surface area (Å²) >= 11 is 7.78. The van der Waals surface area contributed by atoms with Crippen LogP contribution in [-0.2, 0) is 20.4 Å². The molecule has 2 aliphatic heterocycles. The Morgan fingerprint density at radius 3 is 0.943 bits per heavy atom. The number of fused-ring (bicyclic) bond motifs is 7. The average molecular weight is 1070 g/mol. The molecule has 374 valence electrons. The molecule has 0 spiro atoms. The van der Waals surface area contributed by atoms with Crippen LogP contribution in [0.5, 0.6) is 0 Å². The van der Waals surface area contributed by atoms with Crippen molar-refractivity contribution in [3.8, 4) is 22.3 Å². The van der Waals surface area contributed by atoms with Gasteiger partial charge in [0.05, 0.1) is 22.5 Å². The lowest BCUT2D eigenvalue weighted by Crippen LogP contribution is -2.26. The van der Waals surface area contributed by atoms with Crippen molar-refractivity contribution in [2.45, 2.75) is 218 Å². The van der Waals surface area contributed by atoms with Gasteiger partial charge in [0.1, 0.15) is 0 Å². The van der Waals surface area contributed by atoms with E-state index in [1.165, 1.54) is 199 Å². The molecule has 2 aliphatic carbocycles. The fraction of sp³-hybridized carbons (Fsp3) is 0.531. The molecule has 6 heteroatoms. The van der Waals surface area contributed by atoms with Gasteiger partial charge in [-0.25, -0.2) is 0 Å². The average Bonchev–Trinajstić information content (AvgIpc) is 4.06. The van der Waals surface area contributed by atoms with E-state index in [0.29, 0.717) is 22.5 Å². The van der Waals surface area contributed by atoms with Crippen LogP contribution in [0.15, 0.2) is 92.9 Å². The minimum atomic E-state index is -0.199. The highest BCUT2D eigenvalue weighted by atomic mass is 79.9. The number of unbranched alkanes of at least 4 members (excludes halogenated alkanes) is 20. The standard InChI is InChI=1S/C64H82Br2N2O2/c1-5-9-13-17-21-25-37-63(38-26-22-18-14-10-6-2)53-41-45(29-33-49(53)51-35-31-47(65)43-55(51)63)59-57-58(62(70)67-59)60(68-61(57)69)46-30-34-50-52-36-32-48(66)44-56(52)64(54(50)42-46,39-27-23-19-15-11-7-3)40-28-24-20-16-12-8-4/h29-36,41-44H,5-28,37-40H2,1-4H3,(H,67,70)(H,68,69). The molecule has 2 amide bonds. The Bertz CT molecular complexity index is 2340. The second kappa shape index (κ2) is 24.8. The SMILES string of the molecule is CCCCCCCCC1(CCCCCCCC)c2cc(Br)ccc2-c2ccc(C3=C4C(=O)NC(c5ccc6c(c5)C(CCCCCCCC)(CCCCCCCC)c5cc(Br)ccc5-6)=C4C(=O)N3)cc21. The Kier molecular flexibility index (Phi) is 18.6. The molecule has 0 saturated carbocycles. The Hall–Kier alpha value is -3.74. The first-order chi connectivity index (χ1) is 34.2. The largest absolute Gasteiger partial charge is 0.321 e. The van der Waals surface area contributed by atoms with Crippen molar-refractivity contribution < 1.29 is 9.59 Å².